The number of nitrogens with one attached hydrogen (secondary N) is 1. The second-order valence-electron chi connectivity index (χ2n) is 3.79. The molecule has 0 heterocycles. The lowest BCUT2D eigenvalue weighted by atomic mass is 10.1. The Morgan fingerprint density at radius 3 is 2.72 bits per heavy atom. The fourth-order valence-electron chi connectivity index (χ4n) is 1.46. The van der Waals surface area contributed by atoms with Crippen LogP contribution in [0, 0.1) is 12.3 Å². The molecule has 0 aliphatic heterocycles. The molecule has 94 valence electrons. The van der Waals surface area contributed by atoms with Gasteiger partial charge in [-0.2, -0.15) is 0 Å². The van der Waals surface area contributed by atoms with E-state index in [-0.39, 0.29) is 18.4 Å². The fraction of sp³-hybridized carbons (Fsp3) is 0.286. The Bertz CT molecular complexity index is 489. The predicted octanol–water partition coefficient (Wildman–Crippen LogP) is 2.38. The predicted molar refractivity (Wildman–Crippen MR) is 71.5 cm³/mol. The van der Waals surface area contributed by atoms with Crippen LogP contribution in [0.5, 0.6) is 0 Å². The first kappa shape index (κ1) is 13.8. The van der Waals surface area contributed by atoms with Crippen LogP contribution < -0.4 is 5.32 Å². The highest BCUT2D eigenvalue weighted by Gasteiger charge is 2.10. The number of hydrogen-bond acceptors (Lipinski definition) is 2. The van der Waals surface area contributed by atoms with Crippen LogP contribution in [0.15, 0.2) is 24.3 Å². The first-order valence-corrected chi connectivity index (χ1v) is 5.69. The lowest BCUT2D eigenvalue weighted by molar-refractivity contribution is 0.101. The van der Waals surface area contributed by atoms with Crippen LogP contribution in [0.1, 0.15) is 24.2 Å². The molecule has 1 N–H and O–H groups in total. The van der Waals surface area contributed by atoms with Crippen LogP contribution in [0.25, 0.3) is 0 Å². The van der Waals surface area contributed by atoms with E-state index in [1.165, 1.54) is 11.8 Å². The van der Waals surface area contributed by atoms with E-state index in [1.54, 1.807) is 24.3 Å². The van der Waals surface area contributed by atoms with Gasteiger partial charge in [0, 0.05) is 17.8 Å². The summed E-state index contributed by atoms with van der Waals surface area (Å²) < 4.78 is 0. The number of Topliss-reactive ketones (excluding diaryl/α,β-unsaturated/α-hetero) is 1. The Balaban J connectivity index is 2.78. The van der Waals surface area contributed by atoms with Crippen LogP contribution in [0.2, 0.25) is 0 Å². The SMILES string of the molecule is C#CCN(CC)C(=O)Nc1cccc(C(C)=O)c1. The van der Waals surface area contributed by atoms with Gasteiger partial charge in [-0.15, -0.1) is 6.42 Å². The molecule has 1 aromatic rings. The summed E-state index contributed by atoms with van der Waals surface area (Å²) in [6.07, 6.45) is 5.18. The minimum Gasteiger partial charge on any atom is -0.314 e. The topological polar surface area (TPSA) is 49.4 Å². The maximum Gasteiger partial charge on any atom is 0.322 e. The standard InChI is InChI=1S/C14H16N2O2/c1-4-9-16(5-2)14(18)15-13-8-6-7-12(10-13)11(3)17/h1,6-8,10H,5,9H2,2-3H3,(H,15,18). The molecule has 4 heteroatoms. The molecule has 18 heavy (non-hydrogen) atoms. The van der Waals surface area contributed by atoms with Gasteiger partial charge < -0.3 is 10.2 Å². The Morgan fingerprint density at radius 1 is 1.44 bits per heavy atom. The summed E-state index contributed by atoms with van der Waals surface area (Å²) in [5, 5.41) is 2.71. The number of rotatable bonds is 4. The summed E-state index contributed by atoms with van der Waals surface area (Å²) in [7, 11) is 0. The number of benzene rings is 1. The summed E-state index contributed by atoms with van der Waals surface area (Å²) in [6.45, 7) is 4.12. The smallest absolute Gasteiger partial charge is 0.314 e. The maximum absolute atomic E-state index is 11.8. The van der Waals surface area contributed by atoms with E-state index in [2.05, 4.69) is 11.2 Å². The molecule has 0 radical (unpaired) electrons. The first-order valence-electron chi connectivity index (χ1n) is 5.69. The summed E-state index contributed by atoms with van der Waals surface area (Å²) in [5.74, 6) is 2.39. The van der Waals surface area contributed by atoms with Crippen LogP contribution in [-0.2, 0) is 0 Å². The third-order valence-corrected chi connectivity index (χ3v) is 2.47. The number of carbonyl (C=O) groups excluding carboxylic acids is 2. The molecular formula is C14H16N2O2. The van der Waals surface area contributed by atoms with Crippen LogP contribution in [-0.4, -0.2) is 29.8 Å². The zero-order valence-electron chi connectivity index (χ0n) is 10.6. The van der Waals surface area contributed by atoms with Crippen molar-refractivity contribution in [2.45, 2.75) is 13.8 Å². The summed E-state index contributed by atoms with van der Waals surface area (Å²) in [5.41, 5.74) is 1.15. The van der Waals surface area contributed by atoms with Crippen molar-refractivity contribution in [2.24, 2.45) is 0 Å². The lowest BCUT2D eigenvalue weighted by Crippen LogP contribution is -2.35. The van der Waals surface area contributed by atoms with E-state index in [4.69, 9.17) is 6.42 Å². The van der Waals surface area contributed by atoms with Gasteiger partial charge in [-0.25, -0.2) is 4.79 Å². The van der Waals surface area contributed by atoms with Gasteiger partial charge in [0.1, 0.15) is 0 Å². The molecule has 1 aromatic carbocycles. The zero-order chi connectivity index (χ0) is 13.5. The molecule has 0 aliphatic rings. The number of carbonyl (C=O) groups is 2. The Hall–Kier alpha value is -2.28. The van der Waals surface area contributed by atoms with Gasteiger partial charge in [-0.3, -0.25) is 4.79 Å². The Labute approximate surface area is 107 Å². The molecule has 0 atom stereocenters. The summed E-state index contributed by atoms with van der Waals surface area (Å²) >= 11 is 0. The molecule has 0 saturated carbocycles. The molecule has 0 fully saturated rings. The number of amides is 2. The lowest BCUT2D eigenvalue weighted by Gasteiger charge is -2.18. The largest absolute Gasteiger partial charge is 0.322 e. The van der Waals surface area contributed by atoms with Crippen molar-refractivity contribution in [3.63, 3.8) is 0 Å². The van der Waals surface area contributed by atoms with Gasteiger partial charge >= 0.3 is 6.03 Å². The van der Waals surface area contributed by atoms with Crippen molar-refractivity contribution in [1.29, 1.82) is 0 Å². The number of ketones is 1. The molecule has 0 saturated heterocycles. The van der Waals surface area contributed by atoms with Crippen molar-refractivity contribution >= 4 is 17.5 Å². The molecule has 0 bridgehead atoms. The van der Waals surface area contributed by atoms with E-state index >= 15 is 0 Å². The number of anilines is 1. The third-order valence-electron chi connectivity index (χ3n) is 2.47. The van der Waals surface area contributed by atoms with Gasteiger partial charge in [-0.05, 0) is 26.0 Å². The Morgan fingerprint density at radius 2 is 2.17 bits per heavy atom. The molecule has 0 unspecified atom stereocenters. The number of nitrogens with zero attached hydrogens (tertiary/aromatic N) is 1. The maximum atomic E-state index is 11.8. The van der Waals surface area contributed by atoms with E-state index < -0.39 is 0 Å². The average Bonchev–Trinajstić information content (AvgIpc) is 2.36. The number of terminal acetylenes is 1. The van der Waals surface area contributed by atoms with Crippen molar-refractivity contribution in [2.75, 3.05) is 18.4 Å². The van der Waals surface area contributed by atoms with Crippen LogP contribution in [0.3, 0.4) is 0 Å². The molecule has 2 amide bonds. The van der Waals surface area contributed by atoms with Gasteiger partial charge in [0.05, 0.1) is 6.54 Å². The summed E-state index contributed by atoms with van der Waals surface area (Å²) in [4.78, 5) is 24.6. The second kappa shape index (κ2) is 6.45. The highest BCUT2D eigenvalue weighted by molar-refractivity contribution is 5.96. The molecule has 0 aromatic heterocycles. The van der Waals surface area contributed by atoms with Gasteiger partial charge in [0.25, 0.3) is 0 Å². The number of urea groups is 1. The summed E-state index contributed by atoms with van der Waals surface area (Å²) in [6, 6.07) is 6.54. The second-order valence-corrected chi connectivity index (χ2v) is 3.79. The van der Waals surface area contributed by atoms with E-state index in [0.29, 0.717) is 17.8 Å². The molecule has 0 spiro atoms. The van der Waals surface area contributed by atoms with Crippen molar-refractivity contribution in [1.82, 2.24) is 4.90 Å². The highest BCUT2D eigenvalue weighted by atomic mass is 16.2. The third kappa shape index (κ3) is 3.63. The monoisotopic (exact) mass is 244 g/mol. The number of hydrogen-bond donors (Lipinski definition) is 1. The van der Waals surface area contributed by atoms with Crippen molar-refractivity contribution in [3.8, 4) is 12.3 Å². The van der Waals surface area contributed by atoms with Gasteiger partial charge in [0.2, 0.25) is 0 Å². The fourth-order valence-corrected chi connectivity index (χ4v) is 1.46. The van der Waals surface area contributed by atoms with E-state index in [9.17, 15) is 9.59 Å². The van der Waals surface area contributed by atoms with Crippen LogP contribution in [0.4, 0.5) is 10.5 Å². The minimum atomic E-state index is -0.267. The first-order chi connectivity index (χ1) is 8.58. The highest BCUT2D eigenvalue weighted by Crippen LogP contribution is 2.11. The quantitative estimate of drug-likeness (QED) is 0.653. The van der Waals surface area contributed by atoms with Crippen LogP contribution >= 0.6 is 0 Å². The van der Waals surface area contributed by atoms with Gasteiger partial charge in [0.15, 0.2) is 5.78 Å². The molecule has 0 aliphatic carbocycles. The zero-order valence-corrected chi connectivity index (χ0v) is 10.6. The van der Waals surface area contributed by atoms with Crippen molar-refractivity contribution < 1.29 is 9.59 Å². The van der Waals surface area contributed by atoms with Crippen molar-refractivity contribution in [3.05, 3.63) is 29.8 Å². The van der Waals surface area contributed by atoms with E-state index in [1.807, 2.05) is 6.92 Å². The normalized spacial score (nSPS) is 9.39. The average molecular weight is 244 g/mol. The minimum absolute atomic E-state index is 0.0397. The molecular weight excluding hydrogens is 228 g/mol. The van der Waals surface area contributed by atoms with Gasteiger partial charge in [-0.1, -0.05) is 18.1 Å². The van der Waals surface area contributed by atoms with E-state index in [0.717, 1.165) is 0 Å². The Kier molecular flexibility index (Phi) is 4.94. The molecule has 4 nitrogen and oxygen atoms in total. The molecule has 1 rings (SSSR count).